The van der Waals surface area contributed by atoms with Crippen LogP contribution in [0.5, 0.6) is 11.5 Å². The van der Waals surface area contributed by atoms with E-state index in [2.05, 4.69) is 12.7 Å². The van der Waals surface area contributed by atoms with Crippen LogP contribution in [-0.4, -0.2) is 72.2 Å². The minimum Gasteiger partial charge on any atom is -0.489 e. The molecule has 3 aliphatic rings. The summed E-state index contributed by atoms with van der Waals surface area (Å²) in [6, 6.07) is 21.4. The molecule has 318 valence electrons. The van der Waals surface area contributed by atoms with Crippen LogP contribution in [0.4, 0.5) is 9.18 Å². The van der Waals surface area contributed by atoms with E-state index in [1.54, 1.807) is 36.2 Å². The summed E-state index contributed by atoms with van der Waals surface area (Å²) in [7, 11) is 1.72. The smallest absolute Gasteiger partial charge is 0.410 e. The number of aliphatic hydroxyl groups is 2. The van der Waals surface area contributed by atoms with Crippen molar-refractivity contribution in [2.45, 2.75) is 96.7 Å². The molecule has 0 saturated heterocycles. The first-order valence-electron chi connectivity index (χ1n) is 21.0. The fraction of sp³-hybridized carbons (Fsp3) is 0.500. The Balaban J connectivity index is 1.52. The molecule has 10 nitrogen and oxygen atoms in total. The number of hydrogen-bond donors (Lipinski definition) is 2. The number of nitrogens with zero attached hydrogens (tertiary/aromatic N) is 2. The summed E-state index contributed by atoms with van der Waals surface area (Å²) >= 11 is 0. The van der Waals surface area contributed by atoms with Crippen molar-refractivity contribution < 1.29 is 43.2 Å². The van der Waals surface area contributed by atoms with Crippen LogP contribution in [0.25, 0.3) is 0 Å². The van der Waals surface area contributed by atoms with Crippen LogP contribution < -0.4 is 9.47 Å². The van der Waals surface area contributed by atoms with Crippen LogP contribution in [-0.2, 0) is 27.5 Å². The summed E-state index contributed by atoms with van der Waals surface area (Å²) in [6.45, 7) is 10.9. The Morgan fingerprint density at radius 1 is 1.00 bits per heavy atom. The topological polar surface area (TPSA) is 119 Å². The predicted octanol–water partition coefficient (Wildman–Crippen LogP) is 9.35. The van der Waals surface area contributed by atoms with E-state index in [1.165, 1.54) is 6.07 Å². The third kappa shape index (κ3) is 10.4. The van der Waals surface area contributed by atoms with E-state index in [1.807, 2.05) is 69.3 Å². The van der Waals surface area contributed by atoms with Crippen LogP contribution in [0.3, 0.4) is 0 Å². The van der Waals surface area contributed by atoms with E-state index in [4.69, 9.17) is 28.9 Å². The molecule has 1 heterocycles. The maximum absolute atomic E-state index is 14.7. The first-order valence-corrected chi connectivity index (χ1v) is 21.0. The number of fused-ring (bicyclic) bond motifs is 2. The van der Waals surface area contributed by atoms with Gasteiger partial charge in [0.2, 0.25) is 5.79 Å². The van der Waals surface area contributed by atoms with Gasteiger partial charge in [0, 0.05) is 43.7 Å². The van der Waals surface area contributed by atoms with Gasteiger partial charge in [0.15, 0.2) is 0 Å². The summed E-state index contributed by atoms with van der Waals surface area (Å²) in [6.07, 6.45) is 8.25. The predicted molar refractivity (Wildman–Crippen MR) is 225 cm³/mol. The van der Waals surface area contributed by atoms with Gasteiger partial charge in [0.05, 0.1) is 24.8 Å². The Morgan fingerprint density at radius 2 is 1.73 bits per heavy atom. The molecule has 1 amide bonds. The van der Waals surface area contributed by atoms with Crippen molar-refractivity contribution in [3.05, 3.63) is 120 Å². The number of oxime groups is 1. The average Bonchev–Trinajstić information content (AvgIpc) is 3.23. The first kappa shape index (κ1) is 43.9. The second-order valence-electron chi connectivity index (χ2n) is 17.1. The molecule has 0 bridgehead atoms. The van der Waals surface area contributed by atoms with Crippen molar-refractivity contribution in [3.63, 3.8) is 0 Å². The second-order valence-corrected chi connectivity index (χ2v) is 17.1. The van der Waals surface area contributed by atoms with Crippen LogP contribution in [0.15, 0.2) is 102 Å². The van der Waals surface area contributed by atoms with Crippen molar-refractivity contribution in [1.82, 2.24) is 4.90 Å². The van der Waals surface area contributed by atoms with E-state index in [0.717, 1.165) is 42.4 Å². The fourth-order valence-corrected chi connectivity index (χ4v) is 8.86. The molecule has 11 heteroatoms. The lowest BCUT2D eigenvalue weighted by molar-refractivity contribution is -0.253. The van der Waals surface area contributed by atoms with Gasteiger partial charge in [-0.25, -0.2) is 9.18 Å². The molecule has 6 atom stereocenters. The maximum atomic E-state index is 14.7. The Bertz CT molecular complexity index is 1930. The Kier molecular flexibility index (Phi) is 14.9. The zero-order valence-electron chi connectivity index (χ0n) is 35.0. The lowest BCUT2D eigenvalue weighted by atomic mass is 9.55. The number of halogens is 1. The van der Waals surface area contributed by atoms with Gasteiger partial charge in [-0.05, 0) is 78.3 Å². The van der Waals surface area contributed by atoms with Crippen molar-refractivity contribution in [1.29, 1.82) is 0 Å². The maximum Gasteiger partial charge on any atom is 0.410 e. The SMILES string of the molecule is C=CCOC12Oc3ccc(OCc4ccccc4F)cc3C3C(CCCCO)C(CCCCO)C=C(C(=NOCc4ccccc4)CC1N(C)C(=O)OCC(C)(C)C)C32. The van der Waals surface area contributed by atoms with E-state index >= 15 is 0 Å². The summed E-state index contributed by atoms with van der Waals surface area (Å²) in [5, 5.41) is 24.6. The number of unbranched alkanes of at least 4 members (excludes halogenated alkanes) is 2. The number of benzene rings is 3. The largest absolute Gasteiger partial charge is 0.489 e. The van der Waals surface area contributed by atoms with Gasteiger partial charge in [0.25, 0.3) is 0 Å². The van der Waals surface area contributed by atoms with E-state index in [9.17, 15) is 19.4 Å². The molecule has 0 aromatic heterocycles. The van der Waals surface area contributed by atoms with Crippen molar-refractivity contribution in [2.24, 2.45) is 28.3 Å². The quantitative estimate of drug-likeness (QED) is 0.0699. The van der Waals surface area contributed by atoms with Crippen molar-refractivity contribution >= 4 is 11.8 Å². The number of ether oxygens (including phenoxy) is 4. The third-order valence-electron chi connectivity index (χ3n) is 11.6. The molecule has 3 aromatic rings. The van der Waals surface area contributed by atoms with Gasteiger partial charge in [0.1, 0.15) is 36.6 Å². The lowest BCUT2D eigenvalue weighted by Crippen LogP contribution is -2.69. The number of hydrogen-bond acceptors (Lipinski definition) is 9. The van der Waals surface area contributed by atoms with E-state index < -0.39 is 23.8 Å². The van der Waals surface area contributed by atoms with Crippen LogP contribution >= 0.6 is 0 Å². The molecule has 2 aliphatic carbocycles. The number of likely N-dealkylation sites (N-methyl/N-ethyl adjacent to an activating group) is 1. The van der Waals surface area contributed by atoms with Crippen molar-refractivity contribution in [3.8, 4) is 11.5 Å². The average molecular weight is 813 g/mol. The molecular formula is C48H61FN2O8. The molecule has 1 fully saturated rings. The first-order chi connectivity index (χ1) is 28.5. The highest BCUT2D eigenvalue weighted by Gasteiger charge is 2.65. The number of aliphatic hydroxyl groups excluding tert-OH is 2. The lowest BCUT2D eigenvalue weighted by Gasteiger charge is -2.59. The van der Waals surface area contributed by atoms with Gasteiger partial charge in [-0.2, -0.15) is 0 Å². The van der Waals surface area contributed by atoms with Gasteiger partial charge >= 0.3 is 6.09 Å². The van der Waals surface area contributed by atoms with Crippen LogP contribution in [0, 0.1) is 29.0 Å². The number of carbonyl (C=O) groups excluding carboxylic acids is 1. The highest BCUT2D eigenvalue weighted by atomic mass is 19.1. The second kappa shape index (κ2) is 20.0. The minimum absolute atomic E-state index is 0.0357. The van der Waals surface area contributed by atoms with Gasteiger partial charge in [-0.3, -0.25) is 0 Å². The summed E-state index contributed by atoms with van der Waals surface area (Å²) in [5.74, 6) is -1.21. The minimum atomic E-state index is -1.41. The highest BCUT2D eigenvalue weighted by molar-refractivity contribution is 6.02. The molecule has 59 heavy (non-hydrogen) atoms. The summed E-state index contributed by atoms with van der Waals surface area (Å²) in [4.78, 5) is 21.8. The molecular weight excluding hydrogens is 752 g/mol. The Morgan fingerprint density at radius 3 is 2.44 bits per heavy atom. The molecule has 3 aromatic carbocycles. The highest BCUT2D eigenvalue weighted by Crippen LogP contribution is 2.62. The normalized spacial score (nSPS) is 23.9. The van der Waals surface area contributed by atoms with Gasteiger partial charge in [-0.1, -0.05) is 99.5 Å². The van der Waals surface area contributed by atoms with Crippen LogP contribution in [0.2, 0.25) is 0 Å². The molecule has 6 rings (SSSR count). The Labute approximate surface area is 348 Å². The molecule has 1 aliphatic heterocycles. The molecule has 6 unspecified atom stereocenters. The number of allylic oxidation sites excluding steroid dienone is 1. The summed E-state index contributed by atoms with van der Waals surface area (Å²) in [5.41, 5.74) is 3.68. The number of rotatable bonds is 19. The van der Waals surface area contributed by atoms with E-state index in [-0.39, 0.29) is 75.0 Å². The third-order valence-corrected chi connectivity index (χ3v) is 11.6. The number of carbonyl (C=O) groups is 1. The zero-order valence-corrected chi connectivity index (χ0v) is 35.0. The molecule has 2 N–H and O–H groups in total. The number of amides is 1. The Hall–Kier alpha value is -4.71. The van der Waals surface area contributed by atoms with Crippen LogP contribution in [0.1, 0.15) is 88.3 Å². The monoisotopic (exact) mass is 812 g/mol. The van der Waals surface area contributed by atoms with Crippen molar-refractivity contribution in [2.75, 3.05) is 33.5 Å². The van der Waals surface area contributed by atoms with Gasteiger partial charge < -0.3 is 38.9 Å². The molecule has 0 spiro atoms. The van der Waals surface area contributed by atoms with E-state index in [0.29, 0.717) is 35.6 Å². The fourth-order valence-electron chi connectivity index (χ4n) is 8.86. The molecule has 0 radical (unpaired) electrons. The summed E-state index contributed by atoms with van der Waals surface area (Å²) < 4.78 is 41.1. The van der Waals surface area contributed by atoms with Gasteiger partial charge in [-0.15, -0.1) is 6.58 Å². The standard InChI is InChI=1S/C48H61FN2O8/c1-6-26-57-48-43(51(5)46(54)56-32-47(2,3)4)29-41(50-58-30-33-16-8-7-9-17-33)38-27-34(18-12-14-24-52)37(20-13-15-25-53)44(45(38)48)39-28-36(22-23-42(39)59-48)55-31-35-19-10-11-21-40(35)49/h6-11,16-17,19,21-23,27-28,34,37,43-45,52-53H,1,12-15,18,20,24-26,29-32H2,2-5H3. The molecule has 1 saturated carbocycles. The zero-order chi connectivity index (χ0) is 42.0.